The van der Waals surface area contributed by atoms with Crippen LogP contribution in [0.15, 0.2) is 60.7 Å². The Morgan fingerprint density at radius 2 is 1.47 bits per heavy atom. The number of anilines is 1. The molecule has 0 saturated heterocycles. The molecule has 36 heavy (non-hydrogen) atoms. The van der Waals surface area contributed by atoms with Gasteiger partial charge < -0.3 is 19.5 Å². The van der Waals surface area contributed by atoms with Crippen LogP contribution in [-0.4, -0.2) is 20.1 Å². The van der Waals surface area contributed by atoms with Crippen LogP contribution in [0.25, 0.3) is 0 Å². The van der Waals surface area contributed by atoms with Crippen LogP contribution >= 0.6 is 0 Å². The Morgan fingerprint density at radius 3 is 2.06 bits per heavy atom. The Balaban J connectivity index is 1.60. The zero-order valence-corrected chi connectivity index (χ0v) is 20.2. The predicted molar refractivity (Wildman–Crippen MR) is 131 cm³/mol. The highest BCUT2D eigenvalue weighted by atomic mass is 19.4. The Labute approximate surface area is 208 Å². The first-order valence-corrected chi connectivity index (χ1v) is 11.8. The van der Waals surface area contributed by atoms with Gasteiger partial charge in [0.15, 0.2) is 5.75 Å². The number of alkyl halides is 3. The van der Waals surface area contributed by atoms with E-state index in [-0.39, 0.29) is 17.0 Å². The monoisotopic (exact) mass is 499 g/mol. The maximum Gasteiger partial charge on any atom is 0.416 e. The van der Waals surface area contributed by atoms with Crippen molar-refractivity contribution in [2.24, 2.45) is 0 Å². The number of ether oxygens (including phenoxy) is 3. The molecule has 0 spiro atoms. The molecule has 0 heterocycles. The molecular weight excluding hydrogens is 471 g/mol. The summed E-state index contributed by atoms with van der Waals surface area (Å²) in [5, 5.41) is 2.55. The standard InChI is InChI=1S/C28H28F3NO4/c1-34-23-14-20(15-24(17-23)35-2)27(33)32-25-16-21(28(29,30)31)10-13-26(25)36-22-11-8-19(9-12-22)18-6-4-3-5-7-18/h8-18H,3-7H2,1-2H3,(H,32,33). The van der Waals surface area contributed by atoms with Crippen molar-refractivity contribution in [3.63, 3.8) is 0 Å². The Kier molecular flexibility index (Phi) is 7.72. The molecule has 190 valence electrons. The number of halogens is 3. The lowest BCUT2D eigenvalue weighted by atomic mass is 9.84. The van der Waals surface area contributed by atoms with E-state index in [4.69, 9.17) is 14.2 Å². The second kappa shape index (κ2) is 10.9. The molecular formula is C28H28F3NO4. The van der Waals surface area contributed by atoms with Crippen LogP contribution in [0.3, 0.4) is 0 Å². The van der Waals surface area contributed by atoms with Crippen LogP contribution in [0.5, 0.6) is 23.0 Å². The molecule has 4 rings (SSSR count). The fourth-order valence-corrected chi connectivity index (χ4v) is 4.40. The highest BCUT2D eigenvalue weighted by Crippen LogP contribution is 2.38. The molecule has 8 heteroatoms. The van der Waals surface area contributed by atoms with Crippen LogP contribution in [0.4, 0.5) is 18.9 Å². The number of rotatable bonds is 7. The van der Waals surface area contributed by atoms with E-state index in [0.29, 0.717) is 23.2 Å². The highest BCUT2D eigenvalue weighted by molar-refractivity contribution is 6.05. The average molecular weight is 500 g/mol. The van der Waals surface area contributed by atoms with E-state index < -0.39 is 17.6 Å². The second-order valence-corrected chi connectivity index (χ2v) is 8.77. The van der Waals surface area contributed by atoms with E-state index in [9.17, 15) is 18.0 Å². The number of carbonyl (C=O) groups excluding carboxylic acids is 1. The van der Waals surface area contributed by atoms with Gasteiger partial charge in [0.25, 0.3) is 5.91 Å². The Hall–Kier alpha value is -3.68. The summed E-state index contributed by atoms with van der Waals surface area (Å²) in [6.07, 6.45) is 1.43. The van der Waals surface area contributed by atoms with Gasteiger partial charge in [0.1, 0.15) is 17.2 Å². The maximum atomic E-state index is 13.4. The fraction of sp³-hybridized carbons (Fsp3) is 0.321. The number of hydrogen-bond donors (Lipinski definition) is 1. The van der Waals surface area contributed by atoms with Crippen molar-refractivity contribution in [2.75, 3.05) is 19.5 Å². The number of methoxy groups -OCH3 is 2. The molecule has 5 nitrogen and oxygen atoms in total. The lowest BCUT2D eigenvalue weighted by molar-refractivity contribution is -0.137. The van der Waals surface area contributed by atoms with Crippen molar-refractivity contribution < 1.29 is 32.2 Å². The summed E-state index contributed by atoms with van der Waals surface area (Å²) in [6.45, 7) is 0. The van der Waals surface area contributed by atoms with Crippen molar-refractivity contribution in [1.82, 2.24) is 0 Å². The van der Waals surface area contributed by atoms with Gasteiger partial charge >= 0.3 is 6.18 Å². The molecule has 0 atom stereocenters. The molecule has 1 amide bonds. The van der Waals surface area contributed by atoms with Gasteiger partial charge in [-0.05, 0) is 66.8 Å². The van der Waals surface area contributed by atoms with Crippen molar-refractivity contribution in [3.05, 3.63) is 77.4 Å². The Bertz CT molecular complexity index is 1180. The minimum Gasteiger partial charge on any atom is -0.497 e. The third-order valence-corrected chi connectivity index (χ3v) is 6.35. The van der Waals surface area contributed by atoms with E-state index in [2.05, 4.69) is 5.32 Å². The zero-order valence-electron chi connectivity index (χ0n) is 20.2. The SMILES string of the molecule is COc1cc(OC)cc(C(=O)Nc2cc(C(F)(F)F)ccc2Oc2ccc(C3CCCCC3)cc2)c1. The average Bonchev–Trinajstić information content (AvgIpc) is 2.89. The lowest BCUT2D eigenvalue weighted by Gasteiger charge is -2.22. The van der Waals surface area contributed by atoms with Gasteiger partial charge in [-0.2, -0.15) is 13.2 Å². The van der Waals surface area contributed by atoms with Crippen LogP contribution in [0.1, 0.15) is 59.5 Å². The summed E-state index contributed by atoms with van der Waals surface area (Å²) in [5.41, 5.74) is 0.385. The van der Waals surface area contributed by atoms with E-state index in [1.165, 1.54) is 57.2 Å². The summed E-state index contributed by atoms with van der Waals surface area (Å²) in [7, 11) is 2.88. The van der Waals surface area contributed by atoms with Gasteiger partial charge in [0.2, 0.25) is 0 Å². The number of carbonyl (C=O) groups is 1. The van der Waals surface area contributed by atoms with E-state index in [0.717, 1.165) is 25.0 Å². The zero-order chi connectivity index (χ0) is 25.7. The first-order chi connectivity index (χ1) is 17.3. The molecule has 1 N–H and O–H groups in total. The summed E-state index contributed by atoms with van der Waals surface area (Å²) in [6, 6.07) is 15.1. The molecule has 3 aromatic rings. The third kappa shape index (κ3) is 6.11. The van der Waals surface area contributed by atoms with Crippen LogP contribution in [0, 0.1) is 0 Å². The van der Waals surface area contributed by atoms with Crippen molar-refractivity contribution in [1.29, 1.82) is 0 Å². The molecule has 0 radical (unpaired) electrons. The van der Waals surface area contributed by atoms with E-state index in [1.54, 1.807) is 18.2 Å². The van der Waals surface area contributed by atoms with Gasteiger partial charge in [-0.3, -0.25) is 4.79 Å². The molecule has 1 aliphatic carbocycles. The van der Waals surface area contributed by atoms with E-state index in [1.807, 2.05) is 12.1 Å². The number of nitrogens with one attached hydrogen (secondary N) is 1. The number of amides is 1. The minimum absolute atomic E-state index is 0.0941. The van der Waals surface area contributed by atoms with Crippen molar-refractivity contribution >= 4 is 11.6 Å². The van der Waals surface area contributed by atoms with Crippen LogP contribution in [-0.2, 0) is 6.18 Å². The quantitative estimate of drug-likeness (QED) is 0.360. The highest BCUT2D eigenvalue weighted by Gasteiger charge is 2.31. The number of benzene rings is 3. The lowest BCUT2D eigenvalue weighted by Crippen LogP contribution is -2.14. The van der Waals surface area contributed by atoms with Crippen LogP contribution < -0.4 is 19.5 Å². The molecule has 0 aliphatic heterocycles. The molecule has 0 aromatic heterocycles. The fourth-order valence-electron chi connectivity index (χ4n) is 4.40. The largest absolute Gasteiger partial charge is 0.497 e. The first-order valence-electron chi connectivity index (χ1n) is 11.8. The van der Waals surface area contributed by atoms with Gasteiger partial charge in [-0.15, -0.1) is 0 Å². The number of hydrogen-bond acceptors (Lipinski definition) is 4. The molecule has 1 fully saturated rings. The van der Waals surface area contributed by atoms with Gasteiger partial charge in [-0.1, -0.05) is 31.4 Å². The Morgan fingerprint density at radius 1 is 0.833 bits per heavy atom. The second-order valence-electron chi connectivity index (χ2n) is 8.77. The first kappa shape index (κ1) is 25.4. The van der Waals surface area contributed by atoms with Gasteiger partial charge in [-0.25, -0.2) is 0 Å². The summed E-state index contributed by atoms with van der Waals surface area (Å²) >= 11 is 0. The normalized spacial score (nSPS) is 14.2. The summed E-state index contributed by atoms with van der Waals surface area (Å²) in [4.78, 5) is 13.0. The third-order valence-electron chi connectivity index (χ3n) is 6.35. The van der Waals surface area contributed by atoms with Gasteiger partial charge in [0, 0.05) is 11.6 Å². The van der Waals surface area contributed by atoms with Crippen LogP contribution in [0.2, 0.25) is 0 Å². The summed E-state index contributed by atoms with van der Waals surface area (Å²) < 4.78 is 56.5. The smallest absolute Gasteiger partial charge is 0.416 e. The van der Waals surface area contributed by atoms with Gasteiger partial charge in [0.05, 0.1) is 25.5 Å². The molecule has 1 aliphatic rings. The topological polar surface area (TPSA) is 56.8 Å². The molecule has 0 bridgehead atoms. The van der Waals surface area contributed by atoms with Crippen molar-refractivity contribution in [3.8, 4) is 23.0 Å². The van der Waals surface area contributed by atoms with Crippen molar-refractivity contribution in [2.45, 2.75) is 44.2 Å². The molecule has 0 unspecified atom stereocenters. The molecule has 3 aromatic carbocycles. The minimum atomic E-state index is -4.58. The van der Waals surface area contributed by atoms with E-state index >= 15 is 0 Å². The predicted octanol–water partition coefficient (Wildman–Crippen LogP) is 7.81. The molecule has 1 saturated carbocycles. The maximum absolute atomic E-state index is 13.4. The summed E-state index contributed by atoms with van der Waals surface area (Å²) in [5.74, 6) is 1.19.